The van der Waals surface area contributed by atoms with Gasteiger partial charge in [-0.25, -0.2) is 0 Å². The number of carbonyl (C=O) groups excluding carboxylic acids is 1. The van der Waals surface area contributed by atoms with Gasteiger partial charge in [0.05, 0.1) is 12.1 Å². The summed E-state index contributed by atoms with van der Waals surface area (Å²) in [5.41, 5.74) is 9.59. The molecule has 5 rings (SSSR count). The average molecular weight is 565 g/mol. The molecule has 4 heterocycles. The van der Waals surface area contributed by atoms with E-state index in [0.717, 1.165) is 70.4 Å². The van der Waals surface area contributed by atoms with Crippen molar-refractivity contribution in [3.8, 4) is 5.00 Å². The maximum absolute atomic E-state index is 13.1. The Bertz CT molecular complexity index is 1500. The first kappa shape index (κ1) is 27.3. The smallest absolute Gasteiger partial charge is 0.222 e. The summed E-state index contributed by atoms with van der Waals surface area (Å²) in [5, 5.41) is 13.6. The van der Waals surface area contributed by atoms with E-state index >= 15 is 0 Å². The maximum Gasteiger partial charge on any atom is 0.222 e. The highest BCUT2D eigenvalue weighted by atomic mass is 35.5. The molecular weight excluding hydrogens is 532 g/mol. The number of benzene rings is 1. The van der Waals surface area contributed by atoms with E-state index in [4.69, 9.17) is 26.7 Å². The molecule has 204 valence electrons. The van der Waals surface area contributed by atoms with Crippen molar-refractivity contribution in [2.24, 2.45) is 10.7 Å². The lowest BCUT2D eigenvalue weighted by Gasteiger charge is -2.13. The summed E-state index contributed by atoms with van der Waals surface area (Å²) in [6.07, 6.45) is 3.48. The summed E-state index contributed by atoms with van der Waals surface area (Å²) in [4.78, 5) is 19.5. The normalized spacial score (nSPS) is 14.5. The van der Waals surface area contributed by atoms with E-state index in [1.165, 1.54) is 4.88 Å². The van der Waals surface area contributed by atoms with E-state index in [1.807, 2.05) is 43.3 Å². The number of fused-ring (bicyclic) bond motifs is 3. The second kappa shape index (κ2) is 11.9. The second-order valence-corrected chi connectivity index (χ2v) is 11.5. The summed E-state index contributed by atoms with van der Waals surface area (Å²) in [7, 11) is 0. The predicted octanol–water partition coefficient (Wildman–Crippen LogP) is 5.42. The topological polar surface area (TPSA) is 111 Å². The number of aliphatic imine (C=N–C) groups is 1. The van der Waals surface area contributed by atoms with Gasteiger partial charge in [0, 0.05) is 40.4 Å². The van der Waals surface area contributed by atoms with Crippen LogP contribution < -0.4 is 11.1 Å². The Balaban J connectivity index is 1.34. The van der Waals surface area contributed by atoms with Crippen LogP contribution in [0.2, 0.25) is 5.02 Å². The fraction of sp³-hybridized carbons (Fsp3) is 0.379. The first-order valence-corrected chi connectivity index (χ1v) is 14.5. The highest BCUT2D eigenvalue weighted by molar-refractivity contribution is 7.15. The minimum absolute atomic E-state index is 0.0763. The molecular formula is C29H33ClN6O2S. The zero-order valence-electron chi connectivity index (χ0n) is 22.5. The number of hydrogen-bond acceptors (Lipinski definition) is 7. The van der Waals surface area contributed by atoms with Crippen LogP contribution in [0, 0.1) is 20.8 Å². The van der Waals surface area contributed by atoms with Crippen molar-refractivity contribution in [1.29, 1.82) is 0 Å². The fourth-order valence-electron chi connectivity index (χ4n) is 4.84. The molecule has 10 heteroatoms. The van der Waals surface area contributed by atoms with Gasteiger partial charge < -0.3 is 15.5 Å². The summed E-state index contributed by atoms with van der Waals surface area (Å²) in [6.45, 7) is 7.36. The van der Waals surface area contributed by atoms with Gasteiger partial charge in [-0.2, -0.15) is 0 Å². The predicted molar refractivity (Wildman–Crippen MR) is 155 cm³/mol. The molecule has 0 unspecified atom stereocenters. The molecule has 0 fully saturated rings. The quantitative estimate of drug-likeness (QED) is 0.250. The monoisotopic (exact) mass is 564 g/mol. The van der Waals surface area contributed by atoms with Gasteiger partial charge in [0.2, 0.25) is 5.91 Å². The molecule has 1 aromatic carbocycles. The van der Waals surface area contributed by atoms with Crippen molar-refractivity contribution < 1.29 is 9.21 Å². The third-order valence-electron chi connectivity index (χ3n) is 7.00. The number of nitrogens with zero attached hydrogens (tertiary/aromatic N) is 4. The molecule has 0 bridgehead atoms. The van der Waals surface area contributed by atoms with Gasteiger partial charge in [-0.05, 0) is 70.0 Å². The minimum Gasteiger partial charge on any atom is -0.466 e. The fourth-order valence-corrected chi connectivity index (χ4v) is 6.18. The minimum atomic E-state index is -0.480. The van der Waals surface area contributed by atoms with Crippen molar-refractivity contribution in [3.05, 3.63) is 86.2 Å². The first-order chi connectivity index (χ1) is 18.9. The molecule has 3 aromatic heterocycles. The first-order valence-electron chi connectivity index (χ1n) is 13.3. The Morgan fingerprint density at radius 1 is 1.08 bits per heavy atom. The van der Waals surface area contributed by atoms with Gasteiger partial charge in [-0.1, -0.05) is 23.7 Å². The molecule has 1 atom stereocenters. The van der Waals surface area contributed by atoms with Crippen LogP contribution in [0.3, 0.4) is 0 Å². The third kappa shape index (κ3) is 5.85. The largest absolute Gasteiger partial charge is 0.466 e. The van der Waals surface area contributed by atoms with Crippen molar-refractivity contribution in [2.45, 2.75) is 58.9 Å². The van der Waals surface area contributed by atoms with Crippen LogP contribution in [-0.4, -0.2) is 39.5 Å². The number of carbonyl (C=O) groups is 1. The molecule has 0 spiro atoms. The van der Waals surface area contributed by atoms with Gasteiger partial charge in [0.25, 0.3) is 0 Å². The van der Waals surface area contributed by atoms with E-state index in [-0.39, 0.29) is 12.3 Å². The lowest BCUT2D eigenvalue weighted by atomic mass is 9.99. The van der Waals surface area contributed by atoms with E-state index in [9.17, 15) is 4.79 Å². The molecule has 1 aliphatic rings. The standard InChI is InChI=1S/C29H33ClN6O2S/c1-17-18(2)39-29-26(17)27(20-8-10-21(30)11-9-20)33-24(28-35-34-19(3)36(28)29)16-25(37)32-15-5-7-23-13-12-22(38-23)6-4-14-31/h8-13,24H,4-7,14-16,31H2,1-3H3,(H,32,37)/t24-/m0/s1. The number of furan rings is 1. The number of nitrogens with two attached hydrogens (primary N) is 1. The molecule has 39 heavy (non-hydrogen) atoms. The molecule has 3 N–H and O–H groups in total. The van der Waals surface area contributed by atoms with Crippen LogP contribution >= 0.6 is 22.9 Å². The van der Waals surface area contributed by atoms with Crippen molar-refractivity contribution in [3.63, 3.8) is 0 Å². The maximum atomic E-state index is 13.1. The molecule has 4 aromatic rings. The van der Waals surface area contributed by atoms with Crippen molar-refractivity contribution in [2.75, 3.05) is 13.1 Å². The third-order valence-corrected chi connectivity index (χ3v) is 8.45. The molecule has 0 aliphatic carbocycles. The number of aryl methyl sites for hydroxylation is 4. The Hall–Kier alpha value is -3.27. The lowest BCUT2D eigenvalue weighted by molar-refractivity contribution is -0.121. The van der Waals surface area contributed by atoms with Crippen molar-refractivity contribution in [1.82, 2.24) is 20.1 Å². The number of halogens is 1. The zero-order chi connectivity index (χ0) is 27.5. The SMILES string of the molecule is Cc1sc2c(c1C)C(c1ccc(Cl)cc1)=N[C@@H](CC(=O)NCCCc1ccc(CCCN)o1)c1nnc(C)n1-2. The van der Waals surface area contributed by atoms with E-state index < -0.39 is 6.04 Å². The van der Waals surface area contributed by atoms with Crippen LogP contribution in [0.4, 0.5) is 0 Å². The molecule has 8 nitrogen and oxygen atoms in total. The zero-order valence-corrected chi connectivity index (χ0v) is 24.0. The summed E-state index contributed by atoms with van der Waals surface area (Å²) in [5.74, 6) is 3.26. The van der Waals surface area contributed by atoms with Crippen LogP contribution in [0.5, 0.6) is 0 Å². The van der Waals surface area contributed by atoms with Gasteiger partial charge in [0.1, 0.15) is 28.4 Å². The van der Waals surface area contributed by atoms with Gasteiger partial charge in [-0.15, -0.1) is 21.5 Å². The summed E-state index contributed by atoms with van der Waals surface area (Å²) < 4.78 is 7.92. The number of hydrogen-bond donors (Lipinski definition) is 2. The second-order valence-electron chi connectivity index (χ2n) is 9.82. The molecule has 1 amide bonds. The highest BCUT2D eigenvalue weighted by Gasteiger charge is 2.32. The Kier molecular flexibility index (Phi) is 8.30. The number of nitrogens with one attached hydrogen (secondary N) is 1. The average Bonchev–Trinajstić information content (AvgIpc) is 3.59. The lowest BCUT2D eigenvalue weighted by Crippen LogP contribution is -2.26. The van der Waals surface area contributed by atoms with Crippen LogP contribution in [0.25, 0.3) is 5.00 Å². The van der Waals surface area contributed by atoms with Crippen molar-refractivity contribution >= 4 is 34.6 Å². The molecule has 0 saturated heterocycles. The molecule has 1 aliphatic heterocycles. The number of thiophene rings is 1. The van der Waals surface area contributed by atoms with E-state index in [0.29, 0.717) is 23.9 Å². The van der Waals surface area contributed by atoms with Gasteiger partial charge in [0.15, 0.2) is 5.82 Å². The van der Waals surface area contributed by atoms with E-state index in [1.54, 1.807) is 11.3 Å². The van der Waals surface area contributed by atoms with Gasteiger partial charge >= 0.3 is 0 Å². The summed E-state index contributed by atoms with van der Waals surface area (Å²) in [6, 6.07) is 11.2. The number of aromatic nitrogens is 3. The number of rotatable bonds is 10. The Morgan fingerprint density at radius 3 is 2.51 bits per heavy atom. The summed E-state index contributed by atoms with van der Waals surface area (Å²) >= 11 is 7.88. The molecule has 0 saturated carbocycles. The van der Waals surface area contributed by atoms with E-state index in [2.05, 4.69) is 33.9 Å². The number of amides is 1. The Labute approximate surface area is 237 Å². The van der Waals surface area contributed by atoms with Crippen LogP contribution in [0.15, 0.2) is 45.8 Å². The Morgan fingerprint density at radius 2 is 1.79 bits per heavy atom. The highest BCUT2D eigenvalue weighted by Crippen LogP contribution is 2.39. The van der Waals surface area contributed by atoms with Crippen LogP contribution in [-0.2, 0) is 17.6 Å². The molecule has 0 radical (unpaired) electrons. The van der Waals surface area contributed by atoms with Crippen LogP contribution in [0.1, 0.15) is 70.0 Å². The van der Waals surface area contributed by atoms with Gasteiger partial charge in [-0.3, -0.25) is 14.4 Å².